The fourth-order valence-corrected chi connectivity index (χ4v) is 1.69. The normalized spacial score (nSPS) is 10.2. The molecule has 2 aromatic rings. The number of benzene rings is 1. The van der Waals surface area contributed by atoms with Crippen molar-refractivity contribution in [2.75, 3.05) is 13.2 Å². The Labute approximate surface area is 120 Å². The maximum atomic E-state index is 13.3. The van der Waals surface area contributed by atoms with Gasteiger partial charge in [0, 0.05) is 12.1 Å². The lowest BCUT2D eigenvalue weighted by atomic mass is 10.3. The number of aryl methyl sites for hydroxylation is 1. The largest absolute Gasteiger partial charge is 0.489 e. The molecule has 1 heterocycles. The number of halogens is 1. The molecule has 1 amide bonds. The van der Waals surface area contributed by atoms with Crippen LogP contribution < -0.4 is 15.5 Å². The predicted molar refractivity (Wildman–Crippen MR) is 73.9 cm³/mol. The molecule has 0 fully saturated rings. The fourth-order valence-electron chi connectivity index (χ4n) is 1.69. The van der Waals surface area contributed by atoms with Gasteiger partial charge in [0.2, 0.25) is 0 Å². The summed E-state index contributed by atoms with van der Waals surface area (Å²) in [6, 6.07) is 8.40. The molecule has 0 bridgehead atoms. The van der Waals surface area contributed by atoms with Crippen LogP contribution in [0.4, 0.5) is 4.39 Å². The minimum atomic E-state index is -0.520. The van der Waals surface area contributed by atoms with Crippen molar-refractivity contribution < 1.29 is 18.3 Å². The number of rotatable bonds is 5. The lowest BCUT2D eigenvalue weighted by Gasteiger charge is -2.08. The molecular weight excluding hydrogens is 277 g/mol. The summed E-state index contributed by atoms with van der Waals surface area (Å²) in [5, 5.41) is 2.52. The summed E-state index contributed by atoms with van der Waals surface area (Å²) in [6.07, 6.45) is 0. The van der Waals surface area contributed by atoms with Crippen LogP contribution in [0.15, 0.2) is 45.6 Å². The summed E-state index contributed by atoms with van der Waals surface area (Å²) in [7, 11) is 0. The van der Waals surface area contributed by atoms with Crippen LogP contribution in [-0.4, -0.2) is 19.1 Å². The van der Waals surface area contributed by atoms with Gasteiger partial charge in [0.1, 0.15) is 12.4 Å². The molecule has 0 spiro atoms. The SMILES string of the molecule is Cc1cc(=O)cc(C(=O)NCCOc2ccccc2F)o1. The Hall–Kier alpha value is -2.63. The maximum Gasteiger partial charge on any atom is 0.287 e. The van der Waals surface area contributed by atoms with Gasteiger partial charge in [-0.3, -0.25) is 9.59 Å². The molecule has 6 heteroatoms. The van der Waals surface area contributed by atoms with Gasteiger partial charge in [-0.05, 0) is 19.1 Å². The summed E-state index contributed by atoms with van der Waals surface area (Å²) in [6.45, 7) is 1.84. The number of nitrogens with one attached hydrogen (secondary N) is 1. The second kappa shape index (κ2) is 6.69. The van der Waals surface area contributed by atoms with E-state index >= 15 is 0 Å². The van der Waals surface area contributed by atoms with Gasteiger partial charge >= 0.3 is 0 Å². The number of carbonyl (C=O) groups is 1. The molecule has 2 rings (SSSR count). The Bertz CT molecular complexity index is 696. The highest BCUT2D eigenvalue weighted by molar-refractivity contribution is 5.91. The first-order chi connectivity index (χ1) is 10.1. The quantitative estimate of drug-likeness (QED) is 0.854. The molecule has 0 aliphatic heterocycles. The zero-order valence-corrected chi connectivity index (χ0v) is 11.4. The highest BCUT2D eigenvalue weighted by atomic mass is 19.1. The van der Waals surface area contributed by atoms with E-state index in [0.717, 1.165) is 6.07 Å². The lowest BCUT2D eigenvalue weighted by Crippen LogP contribution is -2.28. The van der Waals surface area contributed by atoms with Crippen molar-refractivity contribution in [3.05, 3.63) is 64.0 Å². The van der Waals surface area contributed by atoms with E-state index in [2.05, 4.69) is 5.32 Å². The number of hydrogen-bond donors (Lipinski definition) is 1. The van der Waals surface area contributed by atoms with Crippen LogP contribution >= 0.6 is 0 Å². The molecule has 1 N–H and O–H groups in total. The molecule has 1 aromatic carbocycles. The highest BCUT2D eigenvalue weighted by Crippen LogP contribution is 2.14. The topological polar surface area (TPSA) is 68.5 Å². The van der Waals surface area contributed by atoms with E-state index in [1.165, 1.54) is 18.2 Å². The Morgan fingerprint density at radius 3 is 2.81 bits per heavy atom. The standard InChI is InChI=1S/C15H14FNO4/c1-10-8-11(18)9-14(21-10)15(19)17-6-7-20-13-5-3-2-4-12(13)16/h2-5,8-9H,6-7H2,1H3,(H,17,19). The molecule has 0 radical (unpaired) electrons. The van der Waals surface area contributed by atoms with Gasteiger partial charge < -0.3 is 14.5 Å². The van der Waals surface area contributed by atoms with Crippen LogP contribution in [0.3, 0.4) is 0 Å². The van der Waals surface area contributed by atoms with Crippen molar-refractivity contribution >= 4 is 5.91 Å². The summed E-state index contributed by atoms with van der Waals surface area (Å²) in [5.41, 5.74) is -0.300. The molecule has 5 nitrogen and oxygen atoms in total. The third-order valence-corrected chi connectivity index (χ3v) is 2.60. The second-order valence-electron chi connectivity index (χ2n) is 4.30. The van der Waals surface area contributed by atoms with Crippen LogP contribution in [-0.2, 0) is 0 Å². The molecule has 21 heavy (non-hydrogen) atoms. The maximum absolute atomic E-state index is 13.3. The van der Waals surface area contributed by atoms with Crippen molar-refractivity contribution in [1.82, 2.24) is 5.32 Å². The van der Waals surface area contributed by atoms with E-state index < -0.39 is 11.7 Å². The summed E-state index contributed by atoms with van der Waals surface area (Å²) < 4.78 is 23.6. The van der Waals surface area contributed by atoms with Crippen LogP contribution in [0.5, 0.6) is 5.75 Å². The molecule has 0 saturated carbocycles. The van der Waals surface area contributed by atoms with E-state index in [4.69, 9.17) is 9.15 Å². The summed E-state index contributed by atoms with van der Waals surface area (Å²) >= 11 is 0. The first-order valence-electron chi connectivity index (χ1n) is 6.33. The molecule has 110 valence electrons. The Morgan fingerprint density at radius 2 is 2.10 bits per heavy atom. The Balaban J connectivity index is 1.85. The van der Waals surface area contributed by atoms with E-state index in [1.54, 1.807) is 19.1 Å². The van der Waals surface area contributed by atoms with Crippen molar-refractivity contribution in [2.45, 2.75) is 6.92 Å². The van der Waals surface area contributed by atoms with E-state index in [0.29, 0.717) is 5.76 Å². The summed E-state index contributed by atoms with van der Waals surface area (Å²) in [5.74, 6) is -0.573. The van der Waals surface area contributed by atoms with Crippen molar-refractivity contribution in [2.24, 2.45) is 0 Å². The first kappa shape index (κ1) is 14.8. The molecule has 0 aliphatic rings. The highest BCUT2D eigenvalue weighted by Gasteiger charge is 2.09. The zero-order chi connectivity index (χ0) is 15.2. The van der Waals surface area contributed by atoms with Crippen LogP contribution in [0.1, 0.15) is 16.3 Å². The minimum Gasteiger partial charge on any atom is -0.489 e. The minimum absolute atomic E-state index is 0.0640. The van der Waals surface area contributed by atoms with Gasteiger partial charge in [-0.15, -0.1) is 0 Å². The average Bonchev–Trinajstić information content (AvgIpc) is 2.44. The number of ether oxygens (including phenoxy) is 1. The van der Waals surface area contributed by atoms with Gasteiger partial charge in [0.15, 0.2) is 22.8 Å². The average molecular weight is 291 g/mol. The van der Waals surface area contributed by atoms with Crippen molar-refractivity contribution in [1.29, 1.82) is 0 Å². The lowest BCUT2D eigenvalue weighted by molar-refractivity contribution is 0.0915. The molecule has 0 saturated heterocycles. The molecule has 1 aromatic heterocycles. The Kier molecular flexibility index (Phi) is 4.71. The third kappa shape index (κ3) is 4.17. The van der Waals surface area contributed by atoms with Gasteiger partial charge in [0.05, 0.1) is 6.54 Å². The Morgan fingerprint density at radius 1 is 1.33 bits per heavy atom. The van der Waals surface area contributed by atoms with Crippen LogP contribution in [0, 0.1) is 12.7 Å². The predicted octanol–water partition coefficient (Wildman–Crippen LogP) is 1.90. The van der Waals surface area contributed by atoms with Crippen molar-refractivity contribution in [3.8, 4) is 5.75 Å². The second-order valence-corrected chi connectivity index (χ2v) is 4.30. The van der Waals surface area contributed by atoms with Gasteiger partial charge in [0.25, 0.3) is 5.91 Å². The first-order valence-corrected chi connectivity index (χ1v) is 6.33. The number of carbonyl (C=O) groups excluding carboxylic acids is 1. The molecule has 0 unspecified atom stereocenters. The van der Waals surface area contributed by atoms with Crippen molar-refractivity contribution in [3.63, 3.8) is 0 Å². The van der Waals surface area contributed by atoms with E-state index in [-0.39, 0.29) is 30.1 Å². The number of hydrogen-bond acceptors (Lipinski definition) is 4. The zero-order valence-electron chi connectivity index (χ0n) is 11.4. The summed E-state index contributed by atoms with van der Waals surface area (Å²) in [4.78, 5) is 23.0. The van der Waals surface area contributed by atoms with Crippen LogP contribution in [0.2, 0.25) is 0 Å². The third-order valence-electron chi connectivity index (χ3n) is 2.60. The molecule has 0 atom stereocenters. The van der Waals surface area contributed by atoms with E-state index in [1.807, 2.05) is 0 Å². The number of amides is 1. The fraction of sp³-hybridized carbons (Fsp3) is 0.200. The van der Waals surface area contributed by atoms with E-state index in [9.17, 15) is 14.0 Å². The molecule has 0 aliphatic carbocycles. The van der Waals surface area contributed by atoms with Gasteiger partial charge in [-0.2, -0.15) is 0 Å². The smallest absolute Gasteiger partial charge is 0.287 e. The molecular formula is C15H14FNO4. The van der Waals surface area contributed by atoms with Crippen LogP contribution in [0.25, 0.3) is 0 Å². The number of para-hydroxylation sites is 1. The van der Waals surface area contributed by atoms with Gasteiger partial charge in [-0.25, -0.2) is 4.39 Å². The van der Waals surface area contributed by atoms with Gasteiger partial charge in [-0.1, -0.05) is 12.1 Å². The monoisotopic (exact) mass is 291 g/mol.